The van der Waals surface area contributed by atoms with Crippen molar-refractivity contribution in [2.75, 3.05) is 13.7 Å². The van der Waals surface area contributed by atoms with Gasteiger partial charge in [0, 0.05) is 29.3 Å². The van der Waals surface area contributed by atoms with Crippen molar-refractivity contribution in [1.29, 1.82) is 0 Å². The molecule has 0 radical (unpaired) electrons. The zero-order valence-electron chi connectivity index (χ0n) is 19.1. The van der Waals surface area contributed by atoms with Gasteiger partial charge in [0.15, 0.2) is 5.78 Å². The molecule has 4 rings (SSSR count). The number of methoxy groups -OCH3 is 1. The summed E-state index contributed by atoms with van der Waals surface area (Å²) in [5, 5.41) is 3.31. The molecule has 0 spiro atoms. The number of ketones is 1. The number of ether oxygens (including phenoxy) is 2. The molecule has 0 saturated carbocycles. The lowest BCUT2D eigenvalue weighted by molar-refractivity contribution is -0.139. The van der Waals surface area contributed by atoms with E-state index in [1.165, 1.54) is 12.1 Å². The van der Waals surface area contributed by atoms with Crippen molar-refractivity contribution in [3.63, 3.8) is 0 Å². The van der Waals surface area contributed by atoms with Crippen LogP contribution in [0.25, 0.3) is 0 Å². The van der Waals surface area contributed by atoms with Crippen molar-refractivity contribution in [3.05, 3.63) is 88.0 Å². The zero-order chi connectivity index (χ0) is 23.5. The lowest BCUT2D eigenvalue weighted by Crippen LogP contribution is -2.36. The number of rotatable bonds is 6. The zero-order valence-corrected chi connectivity index (χ0v) is 19.1. The highest BCUT2D eigenvalue weighted by Crippen LogP contribution is 2.45. The van der Waals surface area contributed by atoms with Gasteiger partial charge in [0.1, 0.15) is 11.6 Å². The number of Topliss-reactive ketones (excluding diaryl/α,β-unsaturated/α-hetero) is 1. The fourth-order valence-electron chi connectivity index (χ4n) is 4.71. The van der Waals surface area contributed by atoms with Crippen molar-refractivity contribution in [3.8, 4) is 5.75 Å². The molecule has 1 heterocycles. The fourth-order valence-corrected chi connectivity index (χ4v) is 4.71. The molecular formula is C27H28FNO4. The highest BCUT2D eigenvalue weighted by molar-refractivity contribution is 6.04. The van der Waals surface area contributed by atoms with Crippen molar-refractivity contribution in [1.82, 2.24) is 5.32 Å². The number of benzene rings is 2. The Labute approximate surface area is 193 Å². The van der Waals surface area contributed by atoms with Crippen LogP contribution in [0.4, 0.5) is 4.39 Å². The number of nitrogens with one attached hydrogen (secondary N) is 1. The minimum Gasteiger partial charge on any atom is -0.497 e. The number of hydrogen-bond donors (Lipinski definition) is 1. The van der Waals surface area contributed by atoms with Crippen molar-refractivity contribution in [2.45, 2.75) is 44.9 Å². The van der Waals surface area contributed by atoms with Gasteiger partial charge >= 0.3 is 5.97 Å². The highest BCUT2D eigenvalue weighted by atomic mass is 19.1. The predicted molar refractivity (Wildman–Crippen MR) is 123 cm³/mol. The molecule has 0 unspecified atom stereocenters. The molecule has 0 fully saturated rings. The van der Waals surface area contributed by atoms with Gasteiger partial charge in [-0.05, 0) is 61.1 Å². The molecule has 0 amide bonds. The number of allylic oxidation sites excluding steroid dienone is 3. The molecule has 2 atom stereocenters. The van der Waals surface area contributed by atoms with Gasteiger partial charge in [-0.2, -0.15) is 0 Å². The molecule has 0 saturated heterocycles. The van der Waals surface area contributed by atoms with E-state index in [1.54, 1.807) is 26.2 Å². The van der Waals surface area contributed by atoms with Gasteiger partial charge in [-0.3, -0.25) is 4.79 Å². The summed E-state index contributed by atoms with van der Waals surface area (Å²) in [6.45, 7) is 4.01. The van der Waals surface area contributed by atoms with Crippen LogP contribution in [0.15, 0.2) is 71.1 Å². The molecule has 0 aromatic heterocycles. The quantitative estimate of drug-likeness (QED) is 0.618. The summed E-state index contributed by atoms with van der Waals surface area (Å²) in [4.78, 5) is 26.5. The van der Waals surface area contributed by atoms with Gasteiger partial charge in [0.25, 0.3) is 0 Å². The van der Waals surface area contributed by atoms with Crippen LogP contribution in [0.1, 0.15) is 56.1 Å². The van der Waals surface area contributed by atoms with Crippen LogP contribution in [0.3, 0.4) is 0 Å². The second-order valence-electron chi connectivity index (χ2n) is 8.48. The predicted octanol–water partition coefficient (Wildman–Crippen LogP) is 5.15. The maximum atomic E-state index is 14.2. The second kappa shape index (κ2) is 9.61. The van der Waals surface area contributed by atoms with Gasteiger partial charge in [0.2, 0.25) is 0 Å². The number of hydrogen-bond acceptors (Lipinski definition) is 5. The van der Waals surface area contributed by atoms with E-state index in [9.17, 15) is 14.0 Å². The minimum atomic E-state index is -0.661. The van der Waals surface area contributed by atoms with E-state index in [1.807, 2.05) is 31.2 Å². The third-order valence-electron chi connectivity index (χ3n) is 6.25. The Balaban J connectivity index is 1.75. The maximum absolute atomic E-state index is 14.2. The molecule has 1 N–H and O–H groups in total. The summed E-state index contributed by atoms with van der Waals surface area (Å²) >= 11 is 0. The van der Waals surface area contributed by atoms with Gasteiger partial charge in [-0.15, -0.1) is 0 Å². The van der Waals surface area contributed by atoms with E-state index in [0.717, 1.165) is 17.0 Å². The summed E-state index contributed by atoms with van der Waals surface area (Å²) < 4.78 is 24.8. The fraction of sp³-hybridized carbons (Fsp3) is 0.333. The number of carbonyl (C=O) groups excluding carboxylic acids is 2. The molecule has 0 bridgehead atoms. The Kier molecular flexibility index (Phi) is 6.63. The highest BCUT2D eigenvalue weighted by Gasteiger charge is 2.41. The Bertz CT molecular complexity index is 1130. The van der Waals surface area contributed by atoms with Crippen LogP contribution in [-0.4, -0.2) is 25.5 Å². The van der Waals surface area contributed by atoms with E-state index < -0.39 is 17.7 Å². The van der Waals surface area contributed by atoms with E-state index in [-0.39, 0.29) is 18.3 Å². The summed E-state index contributed by atoms with van der Waals surface area (Å²) in [5.41, 5.74) is 3.93. The van der Waals surface area contributed by atoms with E-state index >= 15 is 0 Å². The van der Waals surface area contributed by atoms with Crippen LogP contribution in [-0.2, 0) is 14.3 Å². The number of halogens is 1. The monoisotopic (exact) mass is 449 g/mol. The van der Waals surface area contributed by atoms with Gasteiger partial charge in [-0.25, -0.2) is 9.18 Å². The average Bonchev–Trinajstić information content (AvgIpc) is 2.81. The number of esters is 1. The Morgan fingerprint density at radius 2 is 1.88 bits per heavy atom. The summed E-state index contributed by atoms with van der Waals surface area (Å²) in [6.07, 6.45) is 1.62. The molecule has 33 heavy (non-hydrogen) atoms. The normalized spacial score (nSPS) is 20.3. The summed E-state index contributed by atoms with van der Waals surface area (Å²) in [5.74, 6) is -0.835. The van der Waals surface area contributed by atoms with E-state index in [2.05, 4.69) is 5.32 Å². The first-order chi connectivity index (χ1) is 15.9. The van der Waals surface area contributed by atoms with E-state index in [4.69, 9.17) is 9.47 Å². The summed E-state index contributed by atoms with van der Waals surface area (Å²) in [7, 11) is 1.62. The number of dihydropyridines is 1. The third-order valence-corrected chi connectivity index (χ3v) is 6.25. The Hall–Kier alpha value is -3.41. The van der Waals surface area contributed by atoms with Crippen LogP contribution in [0.5, 0.6) is 5.75 Å². The Morgan fingerprint density at radius 1 is 1.12 bits per heavy atom. The van der Waals surface area contributed by atoms with Gasteiger partial charge < -0.3 is 14.8 Å². The standard InChI is InChI=1S/C27H28FNO4/c1-4-12-33-27(31)24-16(2)29-22-14-19(17-8-10-21(32-3)11-9-17)15-23(30)26(22)25(24)18-6-5-7-20(28)13-18/h5-11,13,19,25,29H,4,12,14-15H2,1-3H3/t19-,25-/m0/s1. The molecular weight excluding hydrogens is 421 g/mol. The first kappa shape index (κ1) is 22.8. The van der Waals surface area contributed by atoms with Crippen molar-refractivity contribution < 1.29 is 23.5 Å². The second-order valence-corrected chi connectivity index (χ2v) is 8.48. The molecule has 1 aliphatic heterocycles. The molecule has 5 nitrogen and oxygen atoms in total. The van der Waals surface area contributed by atoms with Crippen molar-refractivity contribution >= 4 is 11.8 Å². The van der Waals surface area contributed by atoms with Crippen LogP contribution >= 0.6 is 0 Å². The van der Waals surface area contributed by atoms with Crippen LogP contribution in [0.2, 0.25) is 0 Å². The van der Waals surface area contributed by atoms with Gasteiger partial charge in [0.05, 0.1) is 19.3 Å². The molecule has 172 valence electrons. The lowest BCUT2D eigenvalue weighted by atomic mass is 9.71. The summed E-state index contributed by atoms with van der Waals surface area (Å²) in [6, 6.07) is 13.8. The lowest BCUT2D eigenvalue weighted by Gasteiger charge is -2.36. The molecule has 2 aromatic rings. The Morgan fingerprint density at radius 3 is 2.55 bits per heavy atom. The number of carbonyl (C=O) groups is 2. The van der Waals surface area contributed by atoms with Crippen molar-refractivity contribution in [2.24, 2.45) is 0 Å². The topological polar surface area (TPSA) is 64.6 Å². The SMILES string of the molecule is CCCOC(=O)C1=C(C)NC2=C(C(=O)C[C@@H](c3ccc(OC)cc3)C2)[C@H]1c1cccc(F)c1. The van der Waals surface area contributed by atoms with E-state index in [0.29, 0.717) is 41.7 Å². The minimum absolute atomic E-state index is 0.00390. The third kappa shape index (κ3) is 4.56. The molecule has 2 aliphatic rings. The van der Waals surface area contributed by atoms with Gasteiger partial charge in [-0.1, -0.05) is 31.2 Å². The van der Waals surface area contributed by atoms with Crippen LogP contribution < -0.4 is 10.1 Å². The molecule has 2 aromatic carbocycles. The largest absolute Gasteiger partial charge is 0.497 e. The average molecular weight is 450 g/mol. The first-order valence-corrected chi connectivity index (χ1v) is 11.2. The smallest absolute Gasteiger partial charge is 0.336 e. The molecule has 1 aliphatic carbocycles. The van der Waals surface area contributed by atoms with Crippen LogP contribution in [0, 0.1) is 5.82 Å². The molecule has 6 heteroatoms. The maximum Gasteiger partial charge on any atom is 0.336 e. The first-order valence-electron chi connectivity index (χ1n) is 11.2.